The Labute approximate surface area is 307 Å². The number of rotatable bonds is 13. The molecule has 3 aliphatic rings. The lowest BCUT2D eigenvalue weighted by Gasteiger charge is -2.44. The van der Waals surface area contributed by atoms with Crippen molar-refractivity contribution in [3.8, 4) is 17.2 Å². The van der Waals surface area contributed by atoms with Crippen molar-refractivity contribution in [1.29, 1.82) is 0 Å². The number of hydrogen-bond acceptors (Lipinski definition) is 10. The number of nitrogens with zero attached hydrogens (tertiary/aromatic N) is 1. The summed E-state index contributed by atoms with van der Waals surface area (Å²) in [5.74, 6) is 1.00. The van der Waals surface area contributed by atoms with Crippen LogP contribution in [0.15, 0.2) is 79.1 Å². The molecule has 11 nitrogen and oxygen atoms in total. The number of halogens is 2. The highest BCUT2D eigenvalue weighted by Gasteiger charge is 2.38. The molecule has 13 heteroatoms. The van der Waals surface area contributed by atoms with Crippen LogP contribution in [-0.4, -0.2) is 69.4 Å². The summed E-state index contributed by atoms with van der Waals surface area (Å²) in [6, 6.07) is 18.6. The van der Waals surface area contributed by atoms with Gasteiger partial charge in [0.15, 0.2) is 29.9 Å². The van der Waals surface area contributed by atoms with E-state index in [2.05, 4.69) is 15.2 Å². The minimum atomic E-state index is -0.841. The SMILES string of the molecule is COc1ccc(C(Cc2c(Cl)c[nH+]cc2Cl)OC(=O)c2ccc(NC(C(=O)O[C@H]3CN4CCC3CC4)c3ccccc3OC)cc2)cc1OC.[OH-]. The molecule has 3 aliphatic heterocycles. The first-order valence-corrected chi connectivity index (χ1v) is 17.2. The molecule has 0 spiro atoms. The third-order valence-corrected chi connectivity index (χ3v) is 10.1. The molecule has 3 saturated heterocycles. The normalized spacial score (nSPS) is 18.8. The van der Waals surface area contributed by atoms with E-state index in [9.17, 15) is 9.59 Å². The van der Waals surface area contributed by atoms with Gasteiger partial charge in [-0.25, -0.2) is 14.6 Å². The summed E-state index contributed by atoms with van der Waals surface area (Å²) in [4.78, 5) is 32.7. The molecule has 4 aromatic rings. The number of aromatic amines is 1. The van der Waals surface area contributed by atoms with Gasteiger partial charge in [-0.1, -0.05) is 47.5 Å². The molecule has 2 unspecified atom stereocenters. The maximum Gasteiger partial charge on any atom is 0.338 e. The van der Waals surface area contributed by atoms with Crippen LogP contribution < -0.4 is 24.5 Å². The monoisotopic (exact) mass is 737 g/mol. The largest absolute Gasteiger partial charge is 0.870 e. The molecule has 3 N–H and O–H groups in total. The Kier molecular flexibility index (Phi) is 12.6. The molecule has 7 rings (SSSR count). The molecule has 0 aliphatic carbocycles. The van der Waals surface area contributed by atoms with Gasteiger partial charge in [0.25, 0.3) is 0 Å². The van der Waals surface area contributed by atoms with Crippen LogP contribution in [0.2, 0.25) is 10.0 Å². The third kappa shape index (κ3) is 8.68. The topological polar surface area (TPSA) is 140 Å². The van der Waals surface area contributed by atoms with Gasteiger partial charge in [0.05, 0.1) is 26.9 Å². The van der Waals surface area contributed by atoms with E-state index >= 15 is 0 Å². The number of piperidine rings is 3. The molecule has 270 valence electrons. The number of methoxy groups -OCH3 is 3. The van der Waals surface area contributed by atoms with E-state index in [1.165, 1.54) is 7.11 Å². The van der Waals surface area contributed by atoms with Gasteiger partial charge in [-0.3, -0.25) is 4.90 Å². The number of fused-ring (bicyclic) bond motifs is 3. The Bertz CT molecular complexity index is 1800. The zero-order valence-corrected chi connectivity index (χ0v) is 30.1. The number of para-hydroxylation sites is 1. The number of H-pyrrole nitrogens is 1. The zero-order valence-electron chi connectivity index (χ0n) is 28.6. The minimum Gasteiger partial charge on any atom is -0.870 e. The average molecular weight is 739 g/mol. The third-order valence-electron chi connectivity index (χ3n) is 9.40. The highest BCUT2D eigenvalue weighted by Crippen LogP contribution is 2.36. The van der Waals surface area contributed by atoms with Gasteiger partial charge < -0.3 is 34.5 Å². The van der Waals surface area contributed by atoms with E-state index in [-0.39, 0.29) is 24.0 Å². The van der Waals surface area contributed by atoms with Crippen LogP contribution in [0.5, 0.6) is 17.2 Å². The summed E-state index contributed by atoms with van der Waals surface area (Å²) in [5, 5.41) is 4.14. The van der Waals surface area contributed by atoms with Crippen LogP contribution in [0.4, 0.5) is 5.69 Å². The number of ether oxygens (including phenoxy) is 5. The van der Waals surface area contributed by atoms with Crippen molar-refractivity contribution in [2.75, 3.05) is 46.3 Å². The molecule has 3 aromatic carbocycles. The van der Waals surface area contributed by atoms with Crippen LogP contribution in [-0.2, 0) is 20.7 Å². The van der Waals surface area contributed by atoms with Crippen LogP contribution in [0, 0.1) is 5.92 Å². The lowest BCUT2D eigenvalue weighted by molar-refractivity contribution is -0.377. The van der Waals surface area contributed by atoms with Crippen molar-refractivity contribution in [3.05, 3.63) is 111 Å². The number of carbonyl (C=O) groups excluding carboxylic acids is 2. The Morgan fingerprint density at radius 1 is 0.882 bits per heavy atom. The molecule has 3 fully saturated rings. The quantitative estimate of drug-likeness (QED) is 0.150. The second-order valence-electron chi connectivity index (χ2n) is 12.4. The summed E-state index contributed by atoms with van der Waals surface area (Å²) in [5.41, 5.74) is 2.85. The minimum absolute atomic E-state index is 0. The maximum absolute atomic E-state index is 13.8. The summed E-state index contributed by atoms with van der Waals surface area (Å²) in [6.45, 7) is 2.84. The molecule has 3 atom stereocenters. The number of nitrogens with one attached hydrogen (secondary N) is 2. The van der Waals surface area contributed by atoms with Crippen LogP contribution >= 0.6 is 23.2 Å². The summed E-state index contributed by atoms with van der Waals surface area (Å²) in [6.07, 6.45) is 4.57. The number of pyridine rings is 1. The lowest BCUT2D eigenvalue weighted by Crippen LogP contribution is -2.52. The Morgan fingerprint density at radius 3 is 2.18 bits per heavy atom. The Balaban J connectivity index is 0.00000504. The van der Waals surface area contributed by atoms with E-state index in [0.717, 1.165) is 32.5 Å². The second kappa shape index (κ2) is 17.1. The molecule has 1 aromatic heterocycles. The predicted molar refractivity (Wildman–Crippen MR) is 191 cm³/mol. The van der Waals surface area contributed by atoms with Crippen molar-refractivity contribution in [2.24, 2.45) is 5.92 Å². The van der Waals surface area contributed by atoms with Gasteiger partial charge in [0.1, 0.15) is 28.0 Å². The van der Waals surface area contributed by atoms with Crippen molar-refractivity contribution < 1.29 is 43.7 Å². The fraction of sp³-hybridized carbons (Fsp3) is 0.342. The van der Waals surface area contributed by atoms with Crippen molar-refractivity contribution in [1.82, 2.24) is 4.90 Å². The number of carbonyl (C=O) groups is 2. The van der Waals surface area contributed by atoms with E-state index in [4.69, 9.17) is 46.9 Å². The molecule has 0 radical (unpaired) electrons. The van der Waals surface area contributed by atoms with Crippen molar-refractivity contribution in [3.63, 3.8) is 0 Å². The fourth-order valence-electron chi connectivity index (χ4n) is 6.63. The molecular formula is C38H41Cl2N3O8. The standard InChI is InChI=1S/C38H39Cl2N3O7.H2O/c1-46-31-7-5-4-6-27(31)36(38(45)50-35-22-43-16-14-23(35)15-17-43)42-26-11-8-24(9-12-26)37(44)49-33(19-28-29(39)20-41-21-30(28)40)25-10-13-32(47-2)34(18-25)48-3;/h4-13,18,20-21,23,33,35-36,42H,14-17,19,22H2,1-3H3;1H2/t33?,35-,36?;/m0./s1. The van der Waals surface area contributed by atoms with Crippen LogP contribution in [0.25, 0.3) is 0 Å². The molecule has 0 saturated carbocycles. The molecule has 4 heterocycles. The molecule has 0 amide bonds. The summed E-state index contributed by atoms with van der Waals surface area (Å²) in [7, 11) is 4.66. The van der Waals surface area contributed by atoms with E-state index in [0.29, 0.717) is 61.2 Å². The Morgan fingerprint density at radius 2 is 1.55 bits per heavy atom. The van der Waals surface area contributed by atoms with Gasteiger partial charge in [-0.05, 0) is 79.9 Å². The maximum atomic E-state index is 13.8. The number of benzene rings is 3. The zero-order chi connectivity index (χ0) is 35.2. The summed E-state index contributed by atoms with van der Waals surface area (Å²) < 4.78 is 28.8. The van der Waals surface area contributed by atoms with Crippen molar-refractivity contribution in [2.45, 2.75) is 37.5 Å². The number of esters is 2. The van der Waals surface area contributed by atoms with Gasteiger partial charge in [0.2, 0.25) is 0 Å². The second-order valence-corrected chi connectivity index (χ2v) is 13.2. The first-order valence-electron chi connectivity index (χ1n) is 16.5. The average Bonchev–Trinajstić information content (AvgIpc) is 3.15. The van der Waals surface area contributed by atoms with Crippen molar-refractivity contribution >= 4 is 40.8 Å². The highest BCUT2D eigenvalue weighted by molar-refractivity contribution is 6.35. The van der Waals surface area contributed by atoms with Crippen LogP contribution in [0.3, 0.4) is 0 Å². The molecule has 2 bridgehead atoms. The lowest BCUT2D eigenvalue weighted by atomic mass is 9.86. The van der Waals surface area contributed by atoms with E-state index in [1.54, 1.807) is 69.1 Å². The van der Waals surface area contributed by atoms with Gasteiger partial charge >= 0.3 is 11.9 Å². The highest BCUT2D eigenvalue weighted by atomic mass is 35.5. The predicted octanol–water partition coefficient (Wildman–Crippen LogP) is 6.59. The molecular weight excluding hydrogens is 697 g/mol. The van der Waals surface area contributed by atoms with Crippen LogP contribution in [0.1, 0.15) is 52.0 Å². The number of aromatic nitrogens is 1. The fourth-order valence-corrected chi connectivity index (χ4v) is 7.17. The van der Waals surface area contributed by atoms with Gasteiger partial charge in [-0.2, -0.15) is 0 Å². The van der Waals surface area contributed by atoms with E-state index in [1.807, 2.05) is 24.3 Å². The van der Waals surface area contributed by atoms with E-state index < -0.39 is 18.1 Å². The number of anilines is 1. The van der Waals surface area contributed by atoms with Gasteiger partial charge in [0, 0.05) is 29.8 Å². The molecule has 51 heavy (non-hydrogen) atoms. The summed E-state index contributed by atoms with van der Waals surface area (Å²) >= 11 is 13.0. The first kappa shape index (κ1) is 37.7. The number of hydrogen-bond donors (Lipinski definition) is 1. The first-order chi connectivity index (χ1) is 24.3. The Hall–Kier alpha value is -4.55. The smallest absolute Gasteiger partial charge is 0.338 e. The van der Waals surface area contributed by atoms with Gasteiger partial charge in [-0.15, -0.1) is 0 Å².